The Bertz CT molecular complexity index is 732. The maximum atomic E-state index is 12.1. The van der Waals surface area contributed by atoms with Crippen LogP contribution in [0.5, 0.6) is 0 Å². The third kappa shape index (κ3) is 3.76. The van der Waals surface area contributed by atoms with E-state index in [0.29, 0.717) is 10.5 Å². The number of hydrogen-bond acceptors (Lipinski definition) is 4. The first kappa shape index (κ1) is 15.4. The van der Waals surface area contributed by atoms with Crippen LogP contribution in [-0.4, -0.2) is 24.9 Å². The Morgan fingerprint density at radius 1 is 1.10 bits per heavy atom. The van der Waals surface area contributed by atoms with Crippen molar-refractivity contribution in [3.8, 4) is 0 Å². The van der Waals surface area contributed by atoms with Crippen LogP contribution < -0.4 is 0 Å². The summed E-state index contributed by atoms with van der Waals surface area (Å²) < 4.78 is 23.4. The van der Waals surface area contributed by atoms with Gasteiger partial charge in [0.25, 0.3) is 0 Å². The van der Waals surface area contributed by atoms with Crippen LogP contribution in [0.15, 0.2) is 47.5 Å². The number of aryl methyl sites for hydroxylation is 1. The van der Waals surface area contributed by atoms with Gasteiger partial charge in [0.2, 0.25) is 0 Å². The van der Waals surface area contributed by atoms with E-state index in [1.54, 1.807) is 49.5 Å². The first-order chi connectivity index (χ1) is 9.92. The van der Waals surface area contributed by atoms with Crippen molar-refractivity contribution in [1.82, 2.24) is 4.98 Å². The molecular weight excluding hydrogens is 286 g/mol. The number of carbonyl (C=O) groups is 1. The minimum absolute atomic E-state index is 0.0337. The van der Waals surface area contributed by atoms with Crippen molar-refractivity contribution in [2.45, 2.75) is 25.2 Å². The molecule has 0 aliphatic carbocycles. The van der Waals surface area contributed by atoms with Gasteiger partial charge in [-0.3, -0.25) is 9.78 Å². The molecular formula is C16H17NO3S. The summed E-state index contributed by atoms with van der Waals surface area (Å²) in [7, 11) is -3.20. The number of hydrogen-bond donors (Lipinski definition) is 0. The third-order valence-electron chi connectivity index (χ3n) is 3.26. The van der Waals surface area contributed by atoms with Crippen molar-refractivity contribution in [2.75, 3.05) is 5.75 Å². The summed E-state index contributed by atoms with van der Waals surface area (Å²) in [5, 5.41) is 0. The lowest BCUT2D eigenvalue weighted by atomic mass is 10.0. The lowest BCUT2D eigenvalue weighted by Crippen LogP contribution is -2.06. The molecule has 0 spiro atoms. The van der Waals surface area contributed by atoms with Crippen LogP contribution in [0.25, 0.3) is 0 Å². The van der Waals surface area contributed by atoms with Crippen LogP contribution >= 0.6 is 0 Å². The zero-order valence-corrected chi connectivity index (χ0v) is 12.9. The Balaban J connectivity index is 2.13. The highest BCUT2D eigenvalue weighted by Gasteiger charge is 2.12. The quantitative estimate of drug-likeness (QED) is 0.796. The van der Waals surface area contributed by atoms with Gasteiger partial charge in [-0.25, -0.2) is 8.42 Å². The predicted molar refractivity (Wildman–Crippen MR) is 81.2 cm³/mol. The number of pyridine rings is 1. The highest BCUT2D eigenvalue weighted by molar-refractivity contribution is 7.91. The Kier molecular flexibility index (Phi) is 4.53. The molecule has 0 saturated carbocycles. The van der Waals surface area contributed by atoms with Crippen molar-refractivity contribution in [3.05, 3.63) is 59.4 Å². The van der Waals surface area contributed by atoms with Crippen molar-refractivity contribution in [1.29, 1.82) is 0 Å². The van der Waals surface area contributed by atoms with Gasteiger partial charge in [0.1, 0.15) is 0 Å². The highest BCUT2D eigenvalue weighted by Crippen LogP contribution is 2.14. The molecule has 0 aliphatic heterocycles. The van der Waals surface area contributed by atoms with Gasteiger partial charge in [-0.05, 0) is 36.8 Å². The molecule has 0 N–H and O–H groups in total. The summed E-state index contributed by atoms with van der Waals surface area (Å²) in [5.41, 5.74) is 2.21. The minimum atomic E-state index is -3.20. The molecule has 0 radical (unpaired) electrons. The summed E-state index contributed by atoms with van der Waals surface area (Å²) in [6.07, 6.45) is 1.80. The molecule has 2 rings (SSSR count). The maximum absolute atomic E-state index is 12.1. The number of benzene rings is 1. The lowest BCUT2D eigenvalue weighted by Gasteiger charge is -2.04. The normalized spacial score (nSPS) is 11.3. The Morgan fingerprint density at radius 2 is 1.76 bits per heavy atom. The molecule has 2 aromatic rings. The Hall–Kier alpha value is -2.01. The van der Waals surface area contributed by atoms with Crippen LogP contribution in [0.3, 0.4) is 0 Å². The molecule has 0 fully saturated rings. The van der Waals surface area contributed by atoms with Crippen LogP contribution in [0.4, 0.5) is 0 Å². The lowest BCUT2D eigenvalue weighted by molar-refractivity contribution is 0.0992. The summed E-state index contributed by atoms with van der Waals surface area (Å²) in [6.45, 7) is 3.47. The molecule has 21 heavy (non-hydrogen) atoms. The molecule has 1 aromatic carbocycles. The van der Waals surface area contributed by atoms with Crippen LogP contribution in [0, 0.1) is 6.92 Å². The van der Waals surface area contributed by atoms with Gasteiger partial charge >= 0.3 is 0 Å². The van der Waals surface area contributed by atoms with E-state index in [2.05, 4.69) is 4.98 Å². The Labute approximate surface area is 124 Å². The SMILES string of the molecule is CCS(=O)(=O)c1ccc(CC(=O)c2ccc(C)nc2)cc1. The molecule has 1 heterocycles. The van der Waals surface area contributed by atoms with E-state index in [9.17, 15) is 13.2 Å². The average molecular weight is 303 g/mol. The van der Waals surface area contributed by atoms with Gasteiger partial charge in [0.15, 0.2) is 15.6 Å². The van der Waals surface area contributed by atoms with Crippen molar-refractivity contribution in [2.24, 2.45) is 0 Å². The van der Waals surface area contributed by atoms with Gasteiger partial charge in [0.05, 0.1) is 10.6 Å². The second kappa shape index (κ2) is 6.18. The number of Topliss-reactive ketones (excluding diaryl/α,β-unsaturated/α-hetero) is 1. The fraction of sp³-hybridized carbons (Fsp3) is 0.250. The summed E-state index contributed by atoms with van der Waals surface area (Å²) in [5.74, 6) is 0.0361. The second-order valence-corrected chi connectivity index (χ2v) is 7.11. The fourth-order valence-corrected chi connectivity index (χ4v) is 2.79. The topological polar surface area (TPSA) is 64.1 Å². The molecule has 0 saturated heterocycles. The van der Waals surface area contributed by atoms with E-state index in [-0.39, 0.29) is 18.0 Å². The van der Waals surface area contributed by atoms with Crippen molar-refractivity contribution in [3.63, 3.8) is 0 Å². The molecule has 0 aliphatic rings. The van der Waals surface area contributed by atoms with Gasteiger partial charge in [-0.1, -0.05) is 19.1 Å². The van der Waals surface area contributed by atoms with Crippen LogP contribution in [0.1, 0.15) is 28.5 Å². The van der Waals surface area contributed by atoms with Crippen molar-refractivity contribution >= 4 is 15.6 Å². The number of ketones is 1. The highest BCUT2D eigenvalue weighted by atomic mass is 32.2. The van der Waals surface area contributed by atoms with Gasteiger partial charge in [-0.15, -0.1) is 0 Å². The molecule has 1 aromatic heterocycles. The zero-order valence-electron chi connectivity index (χ0n) is 12.0. The molecule has 0 unspecified atom stereocenters. The number of sulfone groups is 1. The molecule has 0 bridgehead atoms. The molecule has 5 heteroatoms. The monoisotopic (exact) mass is 303 g/mol. The number of aromatic nitrogens is 1. The molecule has 110 valence electrons. The predicted octanol–water partition coefficient (Wildman–Crippen LogP) is 2.61. The van der Waals surface area contributed by atoms with Crippen LogP contribution in [-0.2, 0) is 16.3 Å². The van der Waals surface area contributed by atoms with Gasteiger partial charge in [-0.2, -0.15) is 0 Å². The zero-order chi connectivity index (χ0) is 15.5. The number of rotatable bonds is 5. The smallest absolute Gasteiger partial charge is 0.178 e. The van der Waals surface area contributed by atoms with E-state index in [1.165, 1.54) is 0 Å². The summed E-state index contributed by atoms with van der Waals surface area (Å²) in [4.78, 5) is 16.5. The van der Waals surface area contributed by atoms with Gasteiger partial charge in [0, 0.05) is 23.9 Å². The number of carbonyl (C=O) groups excluding carboxylic acids is 1. The van der Waals surface area contributed by atoms with Crippen molar-refractivity contribution < 1.29 is 13.2 Å². The molecule has 0 atom stereocenters. The minimum Gasteiger partial charge on any atom is -0.294 e. The standard InChI is InChI=1S/C16H17NO3S/c1-3-21(19,20)15-8-5-13(6-9-15)10-16(18)14-7-4-12(2)17-11-14/h4-9,11H,3,10H2,1-2H3. The van der Waals surface area contributed by atoms with E-state index in [1.807, 2.05) is 6.92 Å². The fourth-order valence-electron chi connectivity index (χ4n) is 1.90. The summed E-state index contributed by atoms with van der Waals surface area (Å²) in [6, 6.07) is 10.0. The van der Waals surface area contributed by atoms with Gasteiger partial charge < -0.3 is 0 Å². The first-order valence-electron chi connectivity index (χ1n) is 6.70. The first-order valence-corrected chi connectivity index (χ1v) is 8.35. The van der Waals surface area contributed by atoms with E-state index >= 15 is 0 Å². The second-order valence-electron chi connectivity index (χ2n) is 4.84. The molecule has 0 amide bonds. The third-order valence-corrected chi connectivity index (χ3v) is 5.01. The van der Waals surface area contributed by atoms with E-state index < -0.39 is 9.84 Å². The number of nitrogens with zero attached hydrogens (tertiary/aromatic N) is 1. The van der Waals surface area contributed by atoms with Crippen LogP contribution in [0.2, 0.25) is 0 Å². The largest absolute Gasteiger partial charge is 0.294 e. The van der Waals surface area contributed by atoms with E-state index in [4.69, 9.17) is 0 Å². The maximum Gasteiger partial charge on any atom is 0.178 e. The molecule has 4 nitrogen and oxygen atoms in total. The average Bonchev–Trinajstić information content (AvgIpc) is 2.48. The summed E-state index contributed by atoms with van der Waals surface area (Å²) >= 11 is 0. The van der Waals surface area contributed by atoms with E-state index in [0.717, 1.165) is 11.3 Å². The Morgan fingerprint density at radius 3 is 2.29 bits per heavy atom.